The molecule has 0 amide bonds. The third-order valence-electron chi connectivity index (χ3n) is 4.09. The summed E-state index contributed by atoms with van der Waals surface area (Å²) in [6.07, 6.45) is 6.46. The van der Waals surface area contributed by atoms with Gasteiger partial charge < -0.3 is 15.2 Å². The van der Waals surface area contributed by atoms with Crippen LogP contribution < -0.4 is 15.2 Å². The summed E-state index contributed by atoms with van der Waals surface area (Å²) >= 11 is 0. The van der Waals surface area contributed by atoms with Crippen LogP contribution in [0.1, 0.15) is 32.1 Å². The van der Waals surface area contributed by atoms with E-state index < -0.39 is 0 Å². The van der Waals surface area contributed by atoms with Crippen molar-refractivity contribution in [3.63, 3.8) is 0 Å². The van der Waals surface area contributed by atoms with Gasteiger partial charge in [-0.15, -0.1) is 0 Å². The molecule has 18 heavy (non-hydrogen) atoms. The summed E-state index contributed by atoms with van der Waals surface area (Å²) in [4.78, 5) is 0. The third-order valence-corrected chi connectivity index (χ3v) is 4.09. The van der Waals surface area contributed by atoms with Gasteiger partial charge in [-0.25, -0.2) is 0 Å². The fourth-order valence-corrected chi connectivity index (χ4v) is 3.03. The number of para-hydroxylation sites is 2. The highest BCUT2D eigenvalue weighted by Gasteiger charge is 2.29. The van der Waals surface area contributed by atoms with Gasteiger partial charge in [-0.2, -0.15) is 0 Å². The molecular formula is C15H21NO2. The monoisotopic (exact) mass is 247 g/mol. The highest BCUT2D eigenvalue weighted by atomic mass is 16.6. The molecule has 3 nitrogen and oxygen atoms in total. The van der Waals surface area contributed by atoms with E-state index in [0.29, 0.717) is 6.61 Å². The Morgan fingerprint density at radius 2 is 1.89 bits per heavy atom. The highest BCUT2D eigenvalue weighted by Crippen LogP contribution is 2.33. The second-order valence-electron chi connectivity index (χ2n) is 5.46. The maximum atomic E-state index is 6.28. The number of rotatable bonds is 3. The van der Waals surface area contributed by atoms with Crippen LogP contribution in [0.15, 0.2) is 24.3 Å². The van der Waals surface area contributed by atoms with Gasteiger partial charge >= 0.3 is 0 Å². The zero-order valence-corrected chi connectivity index (χ0v) is 10.7. The van der Waals surface area contributed by atoms with E-state index in [2.05, 4.69) is 0 Å². The molecule has 0 bridgehead atoms. The van der Waals surface area contributed by atoms with Gasteiger partial charge in [-0.05, 0) is 24.5 Å². The lowest BCUT2D eigenvalue weighted by atomic mass is 9.95. The molecular weight excluding hydrogens is 226 g/mol. The van der Waals surface area contributed by atoms with Gasteiger partial charge in [-0.3, -0.25) is 0 Å². The fraction of sp³-hybridized carbons (Fsp3) is 0.600. The van der Waals surface area contributed by atoms with Crippen LogP contribution in [-0.2, 0) is 0 Å². The average Bonchev–Trinajstić information content (AvgIpc) is 2.91. The Morgan fingerprint density at radius 1 is 1.17 bits per heavy atom. The first-order valence-electron chi connectivity index (χ1n) is 6.97. The van der Waals surface area contributed by atoms with Gasteiger partial charge in [0.25, 0.3) is 0 Å². The van der Waals surface area contributed by atoms with E-state index in [1.807, 2.05) is 24.3 Å². The molecule has 1 aromatic carbocycles. The zero-order chi connectivity index (χ0) is 12.4. The first kappa shape index (κ1) is 11.8. The van der Waals surface area contributed by atoms with Crippen LogP contribution in [0.4, 0.5) is 0 Å². The number of nitrogens with two attached hydrogens (primary N) is 1. The Hall–Kier alpha value is -1.22. The lowest BCUT2D eigenvalue weighted by Crippen LogP contribution is -2.45. The molecule has 0 spiro atoms. The van der Waals surface area contributed by atoms with Crippen molar-refractivity contribution >= 4 is 0 Å². The van der Waals surface area contributed by atoms with E-state index in [1.165, 1.54) is 25.7 Å². The van der Waals surface area contributed by atoms with E-state index in [-0.39, 0.29) is 12.1 Å². The lowest BCUT2D eigenvalue weighted by Gasteiger charge is -2.31. The van der Waals surface area contributed by atoms with Crippen molar-refractivity contribution in [2.75, 3.05) is 6.61 Å². The van der Waals surface area contributed by atoms with Crippen molar-refractivity contribution in [1.82, 2.24) is 0 Å². The smallest absolute Gasteiger partial charge is 0.161 e. The second kappa shape index (κ2) is 5.19. The number of hydrogen-bond donors (Lipinski definition) is 1. The van der Waals surface area contributed by atoms with Crippen molar-refractivity contribution in [2.45, 2.75) is 44.2 Å². The Kier molecular flexibility index (Phi) is 3.41. The molecule has 0 radical (unpaired) electrons. The van der Waals surface area contributed by atoms with Crippen LogP contribution in [-0.4, -0.2) is 18.8 Å². The summed E-state index contributed by atoms with van der Waals surface area (Å²) in [5.74, 6) is 2.46. The molecule has 1 aliphatic carbocycles. The van der Waals surface area contributed by atoms with Crippen LogP contribution in [0.5, 0.6) is 11.5 Å². The van der Waals surface area contributed by atoms with Gasteiger partial charge in [-0.1, -0.05) is 37.8 Å². The molecule has 1 aromatic rings. The SMILES string of the molecule is N[C@@H](CC1CCCC1)[C@H]1COc2ccccc2O1. The largest absolute Gasteiger partial charge is 0.486 e. The van der Waals surface area contributed by atoms with E-state index in [9.17, 15) is 0 Å². The lowest BCUT2D eigenvalue weighted by molar-refractivity contribution is 0.0659. The second-order valence-corrected chi connectivity index (χ2v) is 5.46. The molecule has 1 heterocycles. The van der Waals surface area contributed by atoms with Gasteiger partial charge in [0, 0.05) is 6.04 Å². The molecule has 1 saturated carbocycles. The van der Waals surface area contributed by atoms with Crippen molar-refractivity contribution in [3.05, 3.63) is 24.3 Å². The third kappa shape index (κ3) is 2.46. The predicted octanol–water partition coefficient (Wildman–Crippen LogP) is 2.73. The Labute approximate surface area is 108 Å². The van der Waals surface area contributed by atoms with E-state index in [4.69, 9.17) is 15.2 Å². The first-order valence-corrected chi connectivity index (χ1v) is 6.97. The maximum absolute atomic E-state index is 6.28. The minimum Gasteiger partial charge on any atom is -0.486 e. The van der Waals surface area contributed by atoms with Crippen molar-refractivity contribution in [1.29, 1.82) is 0 Å². The number of benzene rings is 1. The molecule has 2 N–H and O–H groups in total. The summed E-state index contributed by atoms with van der Waals surface area (Å²) in [6.45, 7) is 0.574. The predicted molar refractivity (Wildman–Crippen MR) is 70.9 cm³/mol. The maximum Gasteiger partial charge on any atom is 0.161 e. The number of fused-ring (bicyclic) bond motifs is 1. The Morgan fingerprint density at radius 3 is 2.67 bits per heavy atom. The van der Waals surface area contributed by atoms with Crippen LogP contribution in [0, 0.1) is 5.92 Å². The van der Waals surface area contributed by atoms with Crippen LogP contribution in [0.3, 0.4) is 0 Å². The topological polar surface area (TPSA) is 44.5 Å². The minimum atomic E-state index is 0.000463. The number of ether oxygens (including phenoxy) is 2. The Bertz CT molecular complexity index is 401. The van der Waals surface area contributed by atoms with Gasteiger partial charge in [0.1, 0.15) is 12.7 Å². The zero-order valence-electron chi connectivity index (χ0n) is 10.7. The molecule has 1 aliphatic heterocycles. The first-order chi connectivity index (χ1) is 8.83. The molecule has 1 fully saturated rings. The van der Waals surface area contributed by atoms with Crippen LogP contribution in [0.25, 0.3) is 0 Å². The number of hydrogen-bond acceptors (Lipinski definition) is 3. The molecule has 98 valence electrons. The normalized spacial score (nSPS) is 25.1. The molecule has 3 rings (SSSR count). The average molecular weight is 247 g/mol. The van der Waals surface area contributed by atoms with E-state index >= 15 is 0 Å². The molecule has 0 saturated heterocycles. The summed E-state index contributed by atoms with van der Waals surface area (Å²) in [5, 5.41) is 0. The Balaban J connectivity index is 1.60. The fourth-order valence-electron chi connectivity index (χ4n) is 3.03. The van der Waals surface area contributed by atoms with Crippen molar-refractivity contribution in [2.24, 2.45) is 11.7 Å². The highest BCUT2D eigenvalue weighted by molar-refractivity contribution is 5.40. The van der Waals surface area contributed by atoms with Crippen LogP contribution >= 0.6 is 0 Å². The standard InChI is InChI=1S/C15H21NO2/c16-12(9-11-5-1-2-6-11)15-10-17-13-7-3-4-8-14(13)18-15/h3-4,7-8,11-12,15H,1-2,5-6,9-10,16H2/t12-,15+/m0/s1. The summed E-state index contributed by atoms with van der Waals surface area (Å²) in [6, 6.07) is 7.90. The van der Waals surface area contributed by atoms with Crippen molar-refractivity contribution in [3.8, 4) is 11.5 Å². The van der Waals surface area contributed by atoms with Crippen LogP contribution in [0.2, 0.25) is 0 Å². The van der Waals surface area contributed by atoms with Crippen molar-refractivity contribution < 1.29 is 9.47 Å². The van der Waals surface area contributed by atoms with E-state index in [0.717, 1.165) is 23.8 Å². The van der Waals surface area contributed by atoms with E-state index in [1.54, 1.807) is 0 Å². The minimum absolute atomic E-state index is 0.000463. The molecule has 2 aliphatic rings. The van der Waals surface area contributed by atoms with Gasteiger partial charge in [0.05, 0.1) is 0 Å². The molecule has 3 heteroatoms. The molecule has 2 atom stereocenters. The quantitative estimate of drug-likeness (QED) is 0.893. The summed E-state index contributed by atoms with van der Waals surface area (Å²) in [7, 11) is 0. The summed E-state index contributed by atoms with van der Waals surface area (Å²) < 4.78 is 11.7. The molecule has 0 unspecified atom stereocenters. The van der Waals surface area contributed by atoms with Gasteiger partial charge in [0.2, 0.25) is 0 Å². The molecule has 0 aromatic heterocycles. The summed E-state index contributed by atoms with van der Waals surface area (Å²) in [5.41, 5.74) is 6.28. The van der Waals surface area contributed by atoms with Gasteiger partial charge in [0.15, 0.2) is 11.5 Å².